The molecule has 5 rings (SSSR count). The normalized spacial score (nSPS) is 10.4. The van der Waals surface area contributed by atoms with E-state index in [-0.39, 0.29) is 46.1 Å². The molecule has 0 N–H and O–H groups in total. The lowest BCUT2D eigenvalue weighted by molar-refractivity contribution is 0.0468. The summed E-state index contributed by atoms with van der Waals surface area (Å²) < 4.78 is 23.2. The number of ether oxygens (including phenoxy) is 4. The summed E-state index contributed by atoms with van der Waals surface area (Å²) in [5, 5.41) is 0. The molecular formula is C35H23BrO8. The van der Waals surface area contributed by atoms with E-state index >= 15 is 0 Å². The second-order valence-electron chi connectivity index (χ2n) is 9.24. The number of esters is 4. The number of rotatable bonds is 9. The third kappa shape index (κ3) is 7.45. The van der Waals surface area contributed by atoms with Gasteiger partial charge in [0.05, 0.1) is 22.3 Å². The van der Waals surface area contributed by atoms with Gasteiger partial charge in [-0.2, -0.15) is 0 Å². The number of carbonyl (C=O) groups is 4. The van der Waals surface area contributed by atoms with Gasteiger partial charge in [0.2, 0.25) is 5.75 Å². The van der Waals surface area contributed by atoms with Crippen molar-refractivity contribution in [2.75, 3.05) is 0 Å². The highest BCUT2D eigenvalue weighted by Gasteiger charge is 2.26. The van der Waals surface area contributed by atoms with Crippen molar-refractivity contribution in [2.24, 2.45) is 0 Å². The highest BCUT2D eigenvalue weighted by Crippen LogP contribution is 2.41. The van der Waals surface area contributed by atoms with Crippen molar-refractivity contribution in [1.29, 1.82) is 0 Å². The fraction of sp³-hybridized carbons (Fsp3) is 0.0286. The molecule has 218 valence electrons. The monoisotopic (exact) mass is 650 g/mol. The zero-order valence-electron chi connectivity index (χ0n) is 23.0. The van der Waals surface area contributed by atoms with E-state index in [1.165, 1.54) is 48.5 Å². The third-order valence-corrected chi connectivity index (χ3v) is 6.98. The Kier molecular flexibility index (Phi) is 9.58. The van der Waals surface area contributed by atoms with Crippen molar-refractivity contribution >= 4 is 39.8 Å². The Labute approximate surface area is 260 Å². The summed E-state index contributed by atoms with van der Waals surface area (Å²) in [6.45, 7) is -0.0801. The topological polar surface area (TPSA) is 105 Å². The van der Waals surface area contributed by atoms with Gasteiger partial charge in [0.1, 0.15) is 6.61 Å². The van der Waals surface area contributed by atoms with E-state index in [1.54, 1.807) is 72.8 Å². The molecule has 0 amide bonds. The Morgan fingerprint density at radius 1 is 0.477 bits per heavy atom. The number of halogens is 1. The summed E-state index contributed by atoms with van der Waals surface area (Å²) in [5.74, 6) is -4.29. The Morgan fingerprint density at radius 2 is 0.886 bits per heavy atom. The molecular weight excluding hydrogens is 628 g/mol. The Morgan fingerprint density at radius 3 is 1.34 bits per heavy atom. The van der Waals surface area contributed by atoms with E-state index in [2.05, 4.69) is 15.9 Å². The summed E-state index contributed by atoms with van der Waals surface area (Å²) >= 11 is 3.42. The van der Waals surface area contributed by atoms with Gasteiger partial charge in [-0.3, -0.25) is 0 Å². The van der Waals surface area contributed by atoms with Crippen LogP contribution >= 0.6 is 15.9 Å². The van der Waals surface area contributed by atoms with Crippen molar-refractivity contribution < 1.29 is 38.1 Å². The number of hydrogen-bond donors (Lipinski definition) is 0. The van der Waals surface area contributed by atoms with Crippen molar-refractivity contribution in [2.45, 2.75) is 6.61 Å². The molecule has 0 fully saturated rings. The van der Waals surface area contributed by atoms with Crippen molar-refractivity contribution in [3.63, 3.8) is 0 Å². The molecule has 0 saturated carbocycles. The Hall–Kier alpha value is -5.54. The van der Waals surface area contributed by atoms with Gasteiger partial charge in [0.25, 0.3) is 0 Å². The van der Waals surface area contributed by atoms with E-state index in [0.717, 1.165) is 4.47 Å². The Bertz CT molecular complexity index is 1730. The molecule has 0 aromatic heterocycles. The average Bonchev–Trinajstić information content (AvgIpc) is 3.06. The second-order valence-corrected chi connectivity index (χ2v) is 10.1. The molecule has 0 spiro atoms. The zero-order chi connectivity index (χ0) is 30.9. The van der Waals surface area contributed by atoms with Crippen LogP contribution in [0.4, 0.5) is 0 Å². The maximum Gasteiger partial charge on any atom is 0.343 e. The number of carbonyl (C=O) groups excluding carboxylic acids is 4. The van der Waals surface area contributed by atoms with Crippen LogP contribution in [0.1, 0.15) is 47.0 Å². The highest BCUT2D eigenvalue weighted by molar-refractivity contribution is 9.10. The fourth-order valence-corrected chi connectivity index (χ4v) is 4.38. The van der Waals surface area contributed by atoms with Gasteiger partial charge in [-0.05, 0) is 54.6 Å². The van der Waals surface area contributed by atoms with Gasteiger partial charge in [-0.25, -0.2) is 19.2 Å². The summed E-state index contributed by atoms with van der Waals surface area (Å²) in [5.41, 5.74) is 1.16. The van der Waals surface area contributed by atoms with E-state index in [1.807, 2.05) is 6.07 Å². The van der Waals surface area contributed by atoms with Gasteiger partial charge < -0.3 is 18.9 Å². The minimum absolute atomic E-state index is 0.0801. The molecule has 0 unspecified atom stereocenters. The number of benzene rings is 5. The summed E-state index contributed by atoms with van der Waals surface area (Å²) in [7, 11) is 0. The smallest absolute Gasteiger partial charge is 0.343 e. The lowest BCUT2D eigenvalue weighted by Gasteiger charge is -2.17. The molecule has 44 heavy (non-hydrogen) atoms. The van der Waals surface area contributed by atoms with E-state index in [4.69, 9.17) is 18.9 Å². The molecule has 8 nitrogen and oxygen atoms in total. The van der Waals surface area contributed by atoms with Crippen LogP contribution in [0.15, 0.2) is 132 Å². The fourth-order valence-electron chi connectivity index (χ4n) is 3.98. The van der Waals surface area contributed by atoms with Crippen LogP contribution in [0.25, 0.3) is 0 Å². The molecule has 0 aliphatic heterocycles. The van der Waals surface area contributed by atoms with E-state index < -0.39 is 23.9 Å². The third-order valence-electron chi connectivity index (χ3n) is 6.20. The summed E-state index contributed by atoms with van der Waals surface area (Å²) in [6, 6.07) is 33.8. The minimum Gasteiger partial charge on any atom is -0.457 e. The van der Waals surface area contributed by atoms with Gasteiger partial charge in [-0.1, -0.05) is 88.7 Å². The zero-order valence-corrected chi connectivity index (χ0v) is 24.6. The van der Waals surface area contributed by atoms with Crippen LogP contribution in [-0.2, 0) is 11.3 Å². The summed E-state index contributed by atoms with van der Waals surface area (Å²) in [4.78, 5) is 52.6. The highest BCUT2D eigenvalue weighted by atomic mass is 79.9. The van der Waals surface area contributed by atoms with E-state index in [0.29, 0.717) is 5.56 Å². The maximum absolute atomic E-state index is 13.3. The predicted molar refractivity (Wildman–Crippen MR) is 164 cm³/mol. The molecule has 0 aliphatic carbocycles. The van der Waals surface area contributed by atoms with Crippen LogP contribution in [-0.4, -0.2) is 23.9 Å². The van der Waals surface area contributed by atoms with Crippen LogP contribution in [0.2, 0.25) is 0 Å². The van der Waals surface area contributed by atoms with Gasteiger partial charge in [-0.15, -0.1) is 0 Å². The first kappa shape index (κ1) is 29.9. The maximum atomic E-state index is 13.3. The SMILES string of the molecule is O=C(OCc1ccccc1Br)c1cc(OC(=O)c2ccccc2)c(OC(=O)c2ccccc2)c(OC(=O)c2ccccc2)c1. The first-order valence-corrected chi connectivity index (χ1v) is 14.1. The molecule has 5 aromatic rings. The Balaban J connectivity index is 1.57. The van der Waals surface area contributed by atoms with Gasteiger partial charge >= 0.3 is 23.9 Å². The van der Waals surface area contributed by atoms with E-state index in [9.17, 15) is 19.2 Å². The molecule has 9 heteroatoms. The first-order valence-electron chi connectivity index (χ1n) is 13.3. The summed E-state index contributed by atoms with van der Waals surface area (Å²) in [6.07, 6.45) is 0. The van der Waals surface area contributed by atoms with Crippen LogP contribution in [0.5, 0.6) is 17.2 Å². The minimum atomic E-state index is -0.816. The van der Waals surface area contributed by atoms with Crippen molar-refractivity contribution in [1.82, 2.24) is 0 Å². The quantitative estimate of drug-likeness (QED) is 0.120. The number of hydrogen-bond acceptors (Lipinski definition) is 8. The molecule has 0 heterocycles. The molecule has 0 saturated heterocycles. The lowest BCUT2D eigenvalue weighted by Crippen LogP contribution is -2.16. The molecule has 0 aliphatic rings. The molecule has 0 atom stereocenters. The molecule has 5 aromatic carbocycles. The standard InChI is InChI=1S/C35H23BrO8/c36-28-19-11-10-18-26(28)22-41-32(37)27-20-29(42-33(38)23-12-4-1-5-13-23)31(44-35(40)25-16-8-3-9-17-25)30(21-27)43-34(39)24-14-6-2-7-15-24/h1-21H,22H2. The van der Waals surface area contributed by atoms with Crippen LogP contribution < -0.4 is 14.2 Å². The van der Waals surface area contributed by atoms with Crippen LogP contribution in [0.3, 0.4) is 0 Å². The second kappa shape index (κ2) is 14.1. The van der Waals surface area contributed by atoms with Crippen molar-refractivity contribution in [3.05, 3.63) is 160 Å². The van der Waals surface area contributed by atoms with Gasteiger partial charge in [0.15, 0.2) is 11.5 Å². The lowest BCUT2D eigenvalue weighted by atomic mass is 10.1. The average molecular weight is 651 g/mol. The molecule has 0 bridgehead atoms. The van der Waals surface area contributed by atoms with Crippen molar-refractivity contribution in [3.8, 4) is 17.2 Å². The predicted octanol–water partition coefficient (Wildman–Crippen LogP) is 7.46. The first-order chi connectivity index (χ1) is 21.4. The van der Waals surface area contributed by atoms with Gasteiger partial charge in [0, 0.05) is 10.0 Å². The van der Waals surface area contributed by atoms with Crippen LogP contribution in [0, 0.1) is 0 Å². The molecule has 0 radical (unpaired) electrons. The largest absolute Gasteiger partial charge is 0.457 e.